The van der Waals surface area contributed by atoms with Gasteiger partial charge in [0.05, 0.1) is 30.1 Å². The minimum absolute atomic E-state index is 0.157. The zero-order chi connectivity index (χ0) is 19.8. The molecule has 0 radical (unpaired) electrons. The van der Waals surface area contributed by atoms with Gasteiger partial charge >= 0.3 is 0 Å². The van der Waals surface area contributed by atoms with E-state index in [1.807, 2.05) is 23.1 Å². The van der Waals surface area contributed by atoms with Gasteiger partial charge in [-0.05, 0) is 18.6 Å². The minimum Gasteiger partial charge on any atom is -0.445 e. The first-order valence-electron chi connectivity index (χ1n) is 10.5. The van der Waals surface area contributed by atoms with Gasteiger partial charge in [-0.25, -0.2) is 9.97 Å². The van der Waals surface area contributed by atoms with Crippen LogP contribution in [0.15, 0.2) is 28.7 Å². The average Bonchev–Trinajstić information content (AvgIpc) is 3.49. The Morgan fingerprint density at radius 2 is 2.17 bits per heavy atom. The molecule has 1 atom stereocenters. The Labute approximate surface area is 169 Å². The number of nitrogens with zero attached hydrogens (tertiary/aromatic N) is 4. The van der Waals surface area contributed by atoms with E-state index in [9.17, 15) is 4.79 Å². The number of aryl methyl sites for hydroxylation is 2. The summed E-state index contributed by atoms with van der Waals surface area (Å²) in [5, 5.41) is 0. The highest BCUT2D eigenvalue weighted by Crippen LogP contribution is 2.29. The molecule has 3 aromatic rings. The van der Waals surface area contributed by atoms with Gasteiger partial charge in [0, 0.05) is 39.0 Å². The summed E-state index contributed by atoms with van der Waals surface area (Å²) in [6.07, 6.45) is 3.00. The third kappa shape index (κ3) is 3.44. The van der Waals surface area contributed by atoms with Crippen LogP contribution >= 0.6 is 0 Å². The Morgan fingerprint density at radius 3 is 3.00 bits per heavy atom. The molecule has 29 heavy (non-hydrogen) atoms. The van der Waals surface area contributed by atoms with Gasteiger partial charge in [0.1, 0.15) is 17.3 Å². The van der Waals surface area contributed by atoms with Crippen molar-refractivity contribution in [3.05, 3.63) is 47.4 Å². The molecule has 7 heteroatoms. The number of aromatic nitrogens is 3. The molecule has 2 aliphatic rings. The van der Waals surface area contributed by atoms with Crippen molar-refractivity contribution in [2.24, 2.45) is 0 Å². The molecule has 0 aliphatic carbocycles. The van der Waals surface area contributed by atoms with Gasteiger partial charge < -0.3 is 18.6 Å². The van der Waals surface area contributed by atoms with Gasteiger partial charge in [-0.3, -0.25) is 4.79 Å². The fourth-order valence-electron chi connectivity index (χ4n) is 4.35. The summed E-state index contributed by atoms with van der Waals surface area (Å²) in [6, 6.07) is 8.12. The Balaban J connectivity index is 1.27. The number of hydrogen-bond donors (Lipinski definition) is 0. The Morgan fingerprint density at radius 1 is 1.28 bits per heavy atom. The van der Waals surface area contributed by atoms with Gasteiger partial charge in [-0.15, -0.1) is 0 Å². The van der Waals surface area contributed by atoms with Gasteiger partial charge in [-0.1, -0.05) is 19.1 Å². The van der Waals surface area contributed by atoms with Crippen LogP contribution in [0.4, 0.5) is 0 Å². The van der Waals surface area contributed by atoms with Crippen LogP contribution in [-0.2, 0) is 35.5 Å². The van der Waals surface area contributed by atoms with E-state index >= 15 is 0 Å². The molecule has 1 unspecified atom stereocenters. The highest BCUT2D eigenvalue weighted by Gasteiger charge is 2.29. The van der Waals surface area contributed by atoms with Crippen molar-refractivity contribution in [3.63, 3.8) is 0 Å². The summed E-state index contributed by atoms with van der Waals surface area (Å²) in [7, 11) is 0. The van der Waals surface area contributed by atoms with Crippen molar-refractivity contribution < 1.29 is 13.9 Å². The van der Waals surface area contributed by atoms with E-state index < -0.39 is 0 Å². The molecule has 5 rings (SSSR count). The predicted molar refractivity (Wildman–Crippen MR) is 108 cm³/mol. The lowest BCUT2D eigenvalue weighted by molar-refractivity contribution is -0.132. The Hall–Kier alpha value is -2.67. The standard InChI is InChI=1S/C22H26N4O3/c1-2-20-23-16-5-3-4-6-18(16)26(20)11-8-21(27)25-10-7-19-17(13-25)24-22(29-19)15-9-12-28-14-15/h3-6,15H,2,7-14H2,1H3. The molecule has 7 nitrogen and oxygen atoms in total. The van der Waals surface area contributed by atoms with Gasteiger partial charge in [-0.2, -0.15) is 0 Å². The van der Waals surface area contributed by atoms with Crippen LogP contribution in [0.3, 0.4) is 0 Å². The van der Waals surface area contributed by atoms with E-state index in [0.29, 0.717) is 32.7 Å². The molecule has 4 heterocycles. The number of carbonyl (C=O) groups is 1. The number of carbonyl (C=O) groups excluding carboxylic acids is 1. The van der Waals surface area contributed by atoms with E-state index in [0.717, 1.165) is 60.1 Å². The molecule has 0 bridgehead atoms. The van der Waals surface area contributed by atoms with Gasteiger partial charge in [0.25, 0.3) is 0 Å². The molecular formula is C22H26N4O3. The predicted octanol–water partition coefficient (Wildman–Crippen LogP) is 3.07. The van der Waals surface area contributed by atoms with Crippen molar-refractivity contribution in [1.29, 1.82) is 0 Å². The summed E-state index contributed by atoms with van der Waals surface area (Å²) >= 11 is 0. The topological polar surface area (TPSA) is 73.4 Å². The number of fused-ring (bicyclic) bond motifs is 2. The smallest absolute Gasteiger partial charge is 0.224 e. The van der Waals surface area contributed by atoms with Crippen LogP contribution in [0.1, 0.15) is 48.9 Å². The maximum absolute atomic E-state index is 12.9. The van der Waals surface area contributed by atoms with Crippen LogP contribution in [0.25, 0.3) is 11.0 Å². The zero-order valence-corrected chi connectivity index (χ0v) is 16.8. The van der Waals surface area contributed by atoms with Crippen molar-refractivity contribution >= 4 is 16.9 Å². The van der Waals surface area contributed by atoms with Crippen LogP contribution in [0.5, 0.6) is 0 Å². The molecule has 2 aromatic heterocycles. The van der Waals surface area contributed by atoms with Crippen molar-refractivity contribution in [3.8, 4) is 0 Å². The van der Waals surface area contributed by atoms with E-state index in [1.165, 1.54) is 0 Å². The second-order valence-electron chi connectivity index (χ2n) is 7.82. The molecule has 2 aliphatic heterocycles. The first-order valence-corrected chi connectivity index (χ1v) is 10.5. The minimum atomic E-state index is 0.157. The van der Waals surface area contributed by atoms with E-state index in [1.54, 1.807) is 0 Å². The molecule has 0 N–H and O–H groups in total. The lowest BCUT2D eigenvalue weighted by atomic mass is 10.1. The van der Waals surface area contributed by atoms with Crippen LogP contribution in [0.2, 0.25) is 0 Å². The molecule has 1 saturated heterocycles. The van der Waals surface area contributed by atoms with Crippen LogP contribution < -0.4 is 0 Å². The first kappa shape index (κ1) is 18.4. The van der Waals surface area contributed by atoms with E-state index in [-0.39, 0.29) is 11.8 Å². The summed E-state index contributed by atoms with van der Waals surface area (Å²) in [6.45, 7) is 5.42. The lowest BCUT2D eigenvalue weighted by Crippen LogP contribution is -2.36. The molecule has 0 spiro atoms. The summed E-state index contributed by atoms with van der Waals surface area (Å²) in [4.78, 5) is 24.2. The van der Waals surface area contributed by atoms with Crippen molar-refractivity contribution in [1.82, 2.24) is 19.4 Å². The molecular weight excluding hydrogens is 368 g/mol. The highest BCUT2D eigenvalue weighted by molar-refractivity contribution is 5.78. The van der Waals surface area contributed by atoms with Gasteiger partial charge in [0.2, 0.25) is 5.91 Å². The SMILES string of the molecule is CCc1nc2ccccc2n1CCC(=O)N1CCc2oc(C3CCOC3)nc2C1. The number of hydrogen-bond acceptors (Lipinski definition) is 5. The summed E-state index contributed by atoms with van der Waals surface area (Å²) in [5.41, 5.74) is 3.00. The third-order valence-corrected chi connectivity index (χ3v) is 5.97. The quantitative estimate of drug-likeness (QED) is 0.665. The second kappa shape index (κ2) is 7.63. The molecule has 1 amide bonds. The van der Waals surface area contributed by atoms with E-state index in [4.69, 9.17) is 14.1 Å². The maximum Gasteiger partial charge on any atom is 0.224 e. The summed E-state index contributed by atoms with van der Waals surface area (Å²) < 4.78 is 13.6. The monoisotopic (exact) mass is 394 g/mol. The van der Waals surface area contributed by atoms with E-state index in [2.05, 4.69) is 22.5 Å². The largest absolute Gasteiger partial charge is 0.445 e. The highest BCUT2D eigenvalue weighted by atomic mass is 16.5. The van der Waals surface area contributed by atoms with Crippen LogP contribution in [-0.4, -0.2) is 45.1 Å². The molecule has 1 aromatic carbocycles. The number of para-hydroxylation sites is 2. The fraction of sp³-hybridized carbons (Fsp3) is 0.500. The average molecular weight is 394 g/mol. The number of oxazole rings is 1. The third-order valence-electron chi connectivity index (χ3n) is 5.97. The second-order valence-corrected chi connectivity index (χ2v) is 7.82. The zero-order valence-electron chi connectivity index (χ0n) is 16.8. The fourth-order valence-corrected chi connectivity index (χ4v) is 4.35. The maximum atomic E-state index is 12.9. The molecule has 0 saturated carbocycles. The number of benzene rings is 1. The molecule has 1 fully saturated rings. The number of imidazole rings is 1. The lowest BCUT2D eigenvalue weighted by Gasteiger charge is -2.25. The Bertz CT molecular complexity index is 1030. The van der Waals surface area contributed by atoms with Gasteiger partial charge in [0.15, 0.2) is 5.89 Å². The Kier molecular flexibility index (Phi) is 4.83. The number of ether oxygens (including phenoxy) is 1. The first-order chi connectivity index (χ1) is 14.2. The van der Waals surface area contributed by atoms with Crippen molar-refractivity contribution in [2.75, 3.05) is 19.8 Å². The summed E-state index contributed by atoms with van der Waals surface area (Å²) in [5.74, 6) is 3.15. The van der Waals surface area contributed by atoms with Crippen LogP contribution in [0, 0.1) is 0 Å². The number of amides is 1. The molecule has 152 valence electrons. The normalized spacial score (nSPS) is 19.1. The number of rotatable bonds is 5. The van der Waals surface area contributed by atoms with Crippen molar-refractivity contribution in [2.45, 2.75) is 51.6 Å².